The Morgan fingerprint density at radius 2 is 2.10 bits per heavy atom. The molecule has 8 heteroatoms. The third-order valence-electron chi connectivity index (χ3n) is 6.27. The molecular weight excluding hydrogens is 392 g/mol. The van der Waals surface area contributed by atoms with Gasteiger partial charge in [0.25, 0.3) is 0 Å². The van der Waals surface area contributed by atoms with E-state index in [0.29, 0.717) is 22.9 Å². The number of hydrogen-bond acceptors (Lipinski definition) is 7. The van der Waals surface area contributed by atoms with Crippen molar-refractivity contribution in [3.05, 3.63) is 47.4 Å². The van der Waals surface area contributed by atoms with Crippen molar-refractivity contribution < 1.29 is 9.53 Å². The lowest BCUT2D eigenvalue weighted by Gasteiger charge is -2.35. The summed E-state index contributed by atoms with van der Waals surface area (Å²) in [5.41, 5.74) is 9.53. The fourth-order valence-corrected chi connectivity index (χ4v) is 4.63. The summed E-state index contributed by atoms with van der Waals surface area (Å²) < 4.78 is 7.07. The highest BCUT2D eigenvalue weighted by Crippen LogP contribution is 2.32. The molecule has 2 aromatic heterocycles. The Bertz CT molecular complexity index is 1260. The van der Waals surface area contributed by atoms with Crippen LogP contribution in [0.15, 0.2) is 41.6 Å². The van der Waals surface area contributed by atoms with Crippen molar-refractivity contribution in [3.63, 3.8) is 0 Å². The zero-order valence-corrected chi connectivity index (χ0v) is 18.0. The van der Waals surface area contributed by atoms with Crippen LogP contribution in [-0.2, 0) is 4.79 Å². The first-order valence-corrected chi connectivity index (χ1v) is 10.6. The van der Waals surface area contributed by atoms with Gasteiger partial charge in [0.15, 0.2) is 17.3 Å². The summed E-state index contributed by atoms with van der Waals surface area (Å²) in [6.45, 7) is 5.62. The number of likely N-dealkylation sites (tertiary alicyclic amines) is 1. The van der Waals surface area contributed by atoms with Crippen molar-refractivity contribution in [2.45, 2.75) is 32.6 Å². The minimum atomic E-state index is -0.0825. The van der Waals surface area contributed by atoms with Gasteiger partial charge in [0.05, 0.1) is 7.11 Å². The minimum absolute atomic E-state index is 0.0825. The molecule has 0 amide bonds. The van der Waals surface area contributed by atoms with Crippen LogP contribution in [-0.4, -0.2) is 50.5 Å². The molecule has 0 spiro atoms. The number of rotatable bonds is 3. The fraction of sp³-hybridized carbons (Fsp3) is 0.391. The summed E-state index contributed by atoms with van der Waals surface area (Å²) in [6.07, 6.45) is 6.11. The molecule has 1 saturated heterocycles. The number of ether oxygens (including phenoxy) is 1. The summed E-state index contributed by atoms with van der Waals surface area (Å²) in [5, 5.41) is 5.59. The molecule has 5 rings (SSSR count). The lowest BCUT2D eigenvalue weighted by Crippen LogP contribution is -2.35. The number of methoxy groups -OCH3 is 1. The molecule has 0 bridgehead atoms. The molecule has 1 aromatic carbocycles. The molecule has 2 aliphatic rings. The number of benzene rings is 1. The highest BCUT2D eigenvalue weighted by atomic mass is 16.5. The van der Waals surface area contributed by atoms with Crippen molar-refractivity contribution in [2.24, 2.45) is 5.92 Å². The maximum Gasteiger partial charge on any atom is 0.223 e. The molecule has 8 nitrogen and oxygen atoms in total. The van der Waals surface area contributed by atoms with Gasteiger partial charge in [-0.25, -0.2) is 9.97 Å². The van der Waals surface area contributed by atoms with Gasteiger partial charge in [-0.05, 0) is 43.5 Å². The van der Waals surface area contributed by atoms with Crippen molar-refractivity contribution in [3.8, 4) is 5.75 Å². The number of nitrogen functional groups attached to an aromatic ring is 1. The highest BCUT2D eigenvalue weighted by Gasteiger charge is 2.28. The second-order valence-electron chi connectivity index (χ2n) is 8.39. The molecule has 31 heavy (non-hydrogen) atoms. The van der Waals surface area contributed by atoms with Crippen LogP contribution in [0.2, 0.25) is 0 Å². The monoisotopic (exact) mass is 418 g/mol. The van der Waals surface area contributed by atoms with Crippen LogP contribution in [0.25, 0.3) is 16.6 Å². The van der Waals surface area contributed by atoms with E-state index in [2.05, 4.69) is 16.0 Å². The first-order valence-electron chi connectivity index (χ1n) is 10.6. The summed E-state index contributed by atoms with van der Waals surface area (Å²) in [6, 6.07) is 5.74. The molecular formula is C23H26N6O2. The molecule has 2 N–H and O–H groups in total. The Balaban J connectivity index is 1.51. The number of allylic oxidation sites excluding steroid dienone is 3. The van der Waals surface area contributed by atoms with Gasteiger partial charge in [0, 0.05) is 36.0 Å². The Kier molecular flexibility index (Phi) is 4.64. The van der Waals surface area contributed by atoms with Gasteiger partial charge in [-0.3, -0.25) is 4.79 Å². The first-order chi connectivity index (χ1) is 15.0. The van der Waals surface area contributed by atoms with Crippen LogP contribution in [0.4, 0.5) is 5.95 Å². The van der Waals surface area contributed by atoms with Gasteiger partial charge in [-0.1, -0.05) is 19.1 Å². The molecule has 1 fully saturated rings. The molecule has 1 aliphatic heterocycles. The normalized spacial score (nSPS) is 22.0. The summed E-state index contributed by atoms with van der Waals surface area (Å²) in [7, 11) is 1.62. The summed E-state index contributed by atoms with van der Waals surface area (Å²) >= 11 is 0. The maximum atomic E-state index is 12.1. The van der Waals surface area contributed by atoms with E-state index in [-0.39, 0.29) is 17.6 Å². The first kappa shape index (κ1) is 19.5. The number of para-hydroxylation sites is 1. The molecule has 3 aromatic rings. The average molecular weight is 419 g/mol. The van der Waals surface area contributed by atoms with E-state index in [1.54, 1.807) is 11.6 Å². The van der Waals surface area contributed by atoms with Crippen molar-refractivity contribution in [1.29, 1.82) is 0 Å². The number of ketones is 1. The average Bonchev–Trinajstić information content (AvgIpc) is 3.23. The predicted octanol–water partition coefficient (Wildman–Crippen LogP) is 3.10. The Morgan fingerprint density at radius 3 is 2.87 bits per heavy atom. The molecule has 0 saturated carbocycles. The quantitative estimate of drug-likeness (QED) is 0.698. The second-order valence-corrected chi connectivity index (χ2v) is 8.39. The van der Waals surface area contributed by atoms with Gasteiger partial charge in [-0.15, -0.1) is 5.10 Å². The van der Waals surface area contributed by atoms with Gasteiger partial charge >= 0.3 is 0 Å². The SMILES string of the molecule is COc1cccc2c1nc(N)n1nc([C@@H]3CCCN(C4=CC(C)C(=O)C(C)=C4)C3)nc21. The van der Waals surface area contributed by atoms with E-state index in [4.69, 9.17) is 20.6 Å². The largest absolute Gasteiger partial charge is 0.494 e. The third-order valence-corrected chi connectivity index (χ3v) is 6.27. The standard InChI is InChI=1S/C23H26N6O2/c1-13-10-16(11-14(2)20(13)30)28-9-5-6-15(12-28)21-26-22-17-7-4-8-18(31-3)19(17)25-23(24)29(22)27-21/h4,7-8,10-11,13,15H,5-6,9,12H2,1-3H3,(H2,24,25)/t13?,15-/m1/s1. The van der Waals surface area contributed by atoms with Gasteiger partial charge in [0.1, 0.15) is 11.3 Å². The second kappa shape index (κ2) is 7.37. The predicted molar refractivity (Wildman–Crippen MR) is 119 cm³/mol. The maximum absolute atomic E-state index is 12.1. The van der Waals surface area contributed by atoms with E-state index in [1.807, 2.05) is 38.1 Å². The van der Waals surface area contributed by atoms with Crippen molar-refractivity contribution in [1.82, 2.24) is 24.5 Å². The molecule has 1 unspecified atom stereocenters. The number of piperidine rings is 1. The number of hydrogen-bond donors (Lipinski definition) is 1. The van der Waals surface area contributed by atoms with E-state index in [9.17, 15) is 4.79 Å². The van der Waals surface area contributed by atoms with Crippen molar-refractivity contribution >= 4 is 28.3 Å². The van der Waals surface area contributed by atoms with E-state index in [0.717, 1.165) is 48.4 Å². The van der Waals surface area contributed by atoms with E-state index in [1.165, 1.54) is 0 Å². The van der Waals surface area contributed by atoms with E-state index >= 15 is 0 Å². The number of anilines is 1. The number of nitrogens with two attached hydrogens (primary N) is 1. The van der Waals surface area contributed by atoms with Crippen molar-refractivity contribution in [2.75, 3.05) is 25.9 Å². The van der Waals surface area contributed by atoms with Gasteiger partial charge in [0.2, 0.25) is 5.95 Å². The lowest BCUT2D eigenvalue weighted by atomic mass is 9.91. The number of fused-ring (bicyclic) bond motifs is 3. The van der Waals surface area contributed by atoms with Crippen LogP contribution in [0.3, 0.4) is 0 Å². The minimum Gasteiger partial charge on any atom is -0.494 e. The van der Waals surface area contributed by atoms with Crippen LogP contribution in [0, 0.1) is 5.92 Å². The zero-order chi connectivity index (χ0) is 21.7. The molecule has 1 aliphatic carbocycles. The smallest absolute Gasteiger partial charge is 0.223 e. The number of carbonyl (C=O) groups is 1. The number of aromatic nitrogens is 4. The summed E-state index contributed by atoms with van der Waals surface area (Å²) in [5.74, 6) is 2.02. The Labute approximate surface area is 180 Å². The molecule has 0 radical (unpaired) electrons. The number of carbonyl (C=O) groups excluding carboxylic acids is 1. The fourth-order valence-electron chi connectivity index (χ4n) is 4.63. The number of Topliss-reactive ketones (excluding diaryl/α,β-unsaturated/α-hetero) is 1. The van der Waals surface area contributed by atoms with Crippen LogP contribution < -0.4 is 10.5 Å². The lowest BCUT2D eigenvalue weighted by molar-refractivity contribution is -0.117. The van der Waals surface area contributed by atoms with Crippen LogP contribution in [0.5, 0.6) is 5.75 Å². The zero-order valence-electron chi connectivity index (χ0n) is 18.0. The third kappa shape index (κ3) is 3.22. The summed E-state index contributed by atoms with van der Waals surface area (Å²) in [4.78, 5) is 23.9. The van der Waals surface area contributed by atoms with Crippen LogP contribution >= 0.6 is 0 Å². The Hall–Kier alpha value is -3.42. The Morgan fingerprint density at radius 1 is 1.26 bits per heavy atom. The highest BCUT2D eigenvalue weighted by molar-refractivity contribution is 5.99. The topological polar surface area (TPSA) is 98.6 Å². The molecule has 3 heterocycles. The van der Waals surface area contributed by atoms with Crippen LogP contribution in [0.1, 0.15) is 38.4 Å². The van der Waals surface area contributed by atoms with Gasteiger partial charge in [-0.2, -0.15) is 4.52 Å². The molecule has 2 atom stereocenters. The van der Waals surface area contributed by atoms with Gasteiger partial charge < -0.3 is 15.4 Å². The van der Waals surface area contributed by atoms with E-state index < -0.39 is 0 Å². The number of nitrogens with zero attached hydrogens (tertiary/aromatic N) is 5. The molecule has 160 valence electrons.